The zero-order chi connectivity index (χ0) is 17.6. The van der Waals surface area contributed by atoms with Crippen LogP contribution >= 0.6 is 11.3 Å². The minimum Gasteiger partial charge on any atom is -0.348 e. The predicted octanol–water partition coefficient (Wildman–Crippen LogP) is 3.25. The number of benzene rings is 1. The first-order valence-corrected chi connectivity index (χ1v) is 9.92. The van der Waals surface area contributed by atoms with Crippen molar-refractivity contribution in [3.63, 3.8) is 0 Å². The molecule has 1 aromatic carbocycles. The summed E-state index contributed by atoms with van der Waals surface area (Å²) < 4.78 is 0. The van der Waals surface area contributed by atoms with Crippen molar-refractivity contribution in [2.75, 3.05) is 32.7 Å². The van der Waals surface area contributed by atoms with Crippen molar-refractivity contribution >= 4 is 17.2 Å². The van der Waals surface area contributed by atoms with Crippen molar-refractivity contribution in [2.24, 2.45) is 0 Å². The standard InChI is InChI=1S/C20H27N3OS/c1-3-22-11-13-23(14-12-22)19(18-10-7-15-25-18)16(2)21-20(24)17-8-5-4-6-9-17/h4-10,15-16,19H,3,11-14H2,1-2H3,(H,21,24)/t16-,19-/m0/s1. The van der Waals surface area contributed by atoms with Crippen LogP contribution in [0.3, 0.4) is 0 Å². The number of carbonyl (C=O) groups excluding carboxylic acids is 1. The van der Waals surface area contributed by atoms with Gasteiger partial charge in [0.2, 0.25) is 0 Å². The Bertz CT molecular complexity index is 651. The van der Waals surface area contributed by atoms with Gasteiger partial charge in [-0.2, -0.15) is 0 Å². The molecule has 1 saturated heterocycles. The number of nitrogens with one attached hydrogen (secondary N) is 1. The second-order valence-corrected chi connectivity index (χ2v) is 7.54. The fourth-order valence-electron chi connectivity index (χ4n) is 3.52. The van der Waals surface area contributed by atoms with Gasteiger partial charge in [0.05, 0.1) is 6.04 Å². The molecule has 1 aliphatic heterocycles. The van der Waals surface area contributed by atoms with E-state index in [4.69, 9.17) is 0 Å². The Balaban J connectivity index is 1.72. The maximum atomic E-state index is 12.6. The predicted molar refractivity (Wildman–Crippen MR) is 104 cm³/mol. The van der Waals surface area contributed by atoms with Crippen LogP contribution in [0.1, 0.15) is 35.1 Å². The summed E-state index contributed by atoms with van der Waals surface area (Å²) in [6, 6.07) is 14.0. The van der Waals surface area contributed by atoms with Crippen molar-refractivity contribution in [2.45, 2.75) is 25.9 Å². The largest absolute Gasteiger partial charge is 0.348 e. The number of carbonyl (C=O) groups is 1. The molecule has 0 saturated carbocycles. The van der Waals surface area contributed by atoms with Gasteiger partial charge < -0.3 is 10.2 Å². The molecule has 2 heterocycles. The Labute approximate surface area is 154 Å². The normalized spacial score (nSPS) is 18.6. The summed E-state index contributed by atoms with van der Waals surface area (Å²) in [6.45, 7) is 9.73. The molecule has 25 heavy (non-hydrogen) atoms. The van der Waals surface area contributed by atoms with Crippen LogP contribution in [-0.2, 0) is 0 Å². The van der Waals surface area contributed by atoms with E-state index in [9.17, 15) is 4.79 Å². The summed E-state index contributed by atoms with van der Waals surface area (Å²) in [4.78, 5) is 18.9. The smallest absolute Gasteiger partial charge is 0.251 e. The third kappa shape index (κ3) is 4.48. The number of thiophene rings is 1. The van der Waals surface area contributed by atoms with Gasteiger partial charge in [-0.05, 0) is 37.0 Å². The van der Waals surface area contributed by atoms with E-state index < -0.39 is 0 Å². The molecular weight excluding hydrogens is 330 g/mol. The summed E-state index contributed by atoms with van der Waals surface area (Å²) in [5, 5.41) is 5.34. The van der Waals surface area contributed by atoms with E-state index in [-0.39, 0.29) is 18.0 Å². The number of rotatable bonds is 6. The fourth-order valence-corrected chi connectivity index (χ4v) is 4.48. The molecule has 1 fully saturated rings. The summed E-state index contributed by atoms with van der Waals surface area (Å²) in [7, 11) is 0. The minimum atomic E-state index is 0.00171. The topological polar surface area (TPSA) is 35.6 Å². The molecule has 1 N–H and O–H groups in total. The number of likely N-dealkylation sites (N-methyl/N-ethyl adjacent to an activating group) is 1. The first-order valence-electron chi connectivity index (χ1n) is 9.04. The molecule has 1 amide bonds. The fraction of sp³-hybridized carbons (Fsp3) is 0.450. The first kappa shape index (κ1) is 18.1. The molecule has 0 spiro atoms. The molecule has 2 aromatic rings. The Hall–Kier alpha value is -1.69. The lowest BCUT2D eigenvalue weighted by Crippen LogP contribution is -2.52. The Kier molecular flexibility index (Phi) is 6.24. The molecule has 1 aliphatic rings. The maximum Gasteiger partial charge on any atom is 0.251 e. The van der Waals surface area contributed by atoms with Gasteiger partial charge in [-0.1, -0.05) is 31.2 Å². The highest BCUT2D eigenvalue weighted by molar-refractivity contribution is 7.10. The molecule has 0 aliphatic carbocycles. The molecule has 5 heteroatoms. The second-order valence-electron chi connectivity index (χ2n) is 6.56. The highest BCUT2D eigenvalue weighted by atomic mass is 32.1. The molecule has 4 nitrogen and oxygen atoms in total. The average Bonchev–Trinajstić information content (AvgIpc) is 3.17. The van der Waals surface area contributed by atoms with E-state index in [1.165, 1.54) is 4.88 Å². The van der Waals surface area contributed by atoms with Crippen molar-refractivity contribution < 1.29 is 4.79 Å². The zero-order valence-corrected chi connectivity index (χ0v) is 15.8. The minimum absolute atomic E-state index is 0.00171. The van der Waals surface area contributed by atoms with Gasteiger partial charge in [0.25, 0.3) is 5.91 Å². The van der Waals surface area contributed by atoms with Crippen LogP contribution in [0, 0.1) is 0 Å². The Morgan fingerprint density at radius 3 is 2.44 bits per heavy atom. The van der Waals surface area contributed by atoms with E-state index in [2.05, 4.69) is 46.5 Å². The lowest BCUT2D eigenvalue weighted by Gasteiger charge is -2.41. The highest BCUT2D eigenvalue weighted by Gasteiger charge is 2.30. The highest BCUT2D eigenvalue weighted by Crippen LogP contribution is 2.29. The summed E-state index contributed by atoms with van der Waals surface area (Å²) in [6.07, 6.45) is 0. The van der Waals surface area contributed by atoms with Crippen molar-refractivity contribution in [1.82, 2.24) is 15.1 Å². The third-order valence-corrected chi connectivity index (χ3v) is 5.89. The molecular formula is C20H27N3OS. The average molecular weight is 358 g/mol. The van der Waals surface area contributed by atoms with Crippen molar-refractivity contribution in [3.8, 4) is 0 Å². The summed E-state index contributed by atoms with van der Waals surface area (Å²) >= 11 is 1.78. The van der Waals surface area contributed by atoms with E-state index in [1.807, 2.05) is 30.3 Å². The van der Waals surface area contributed by atoms with E-state index in [1.54, 1.807) is 11.3 Å². The number of nitrogens with zero attached hydrogens (tertiary/aromatic N) is 2. The van der Waals surface area contributed by atoms with Crippen molar-refractivity contribution in [3.05, 3.63) is 58.3 Å². The van der Waals surface area contributed by atoms with Crippen LogP contribution in [0.4, 0.5) is 0 Å². The van der Waals surface area contributed by atoms with Crippen LogP contribution in [0.2, 0.25) is 0 Å². The van der Waals surface area contributed by atoms with Gasteiger partial charge in [0.15, 0.2) is 0 Å². The molecule has 0 bridgehead atoms. The number of hydrogen-bond acceptors (Lipinski definition) is 4. The third-order valence-electron chi connectivity index (χ3n) is 4.95. The molecule has 0 unspecified atom stereocenters. The second kappa shape index (κ2) is 8.61. The SMILES string of the molecule is CCN1CCN([C@H](c2cccs2)[C@H](C)NC(=O)c2ccccc2)CC1. The lowest BCUT2D eigenvalue weighted by atomic mass is 10.0. The lowest BCUT2D eigenvalue weighted by molar-refractivity contribution is 0.0753. The van der Waals surface area contributed by atoms with Crippen LogP contribution in [-0.4, -0.2) is 54.5 Å². The van der Waals surface area contributed by atoms with Gasteiger partial charge in [0, 0.05) is 42.7 Å². The monoisotopic (exact) mass is 357 g/mol. The van der Waals surface area contributed by atoms with E-state index in [0.717, 1.165) is 38.3 Å². The quantitative estimate of drug-likeness (QED) is 0.862. The Morgan fingerprint density at radius 2 is 1.84 bits per heavy atom. The molecule has 1 aromatic heterocycles. The van der Waals surface area contributed by atoms with Gasteiger partial charge in [-0.3, -0.25) is 9.69 Å². The Morgan fingerprint density at radius 1 is 1.12 bits per heavy atom. The number of amides is 1. The number of piperazine rings is 1. The van der Waals surface area contributed by atoms with Crippen LogP contribution in [0.15, 0.2) is 47.8 Å². The number of hydrogen-bond donors (Lipinski definition) is 1. The first-order chi connectivity index (χ1) is 12.2. The van der Waals surface area contributed by atoms with Gasteiger partial charge in [-0.15, -0.1) is 11.3 Å². The van der Waals surface area contributed by atoms with Gasteiger partial charge in [-0.25, -0.2) is 0 Å². The van der Waals surface area contributed by atoms with Gasteiger partial charge >= 0.3 is 0 Å². The van der Waals surface area contributed by atoms with Gasteiger partial charge in [0.1, 0.15) is 0 Å². The maximum absolute atomic E-state index is 12.6. The van der Waals surface area contributed by atoms with E-state index in [0.29, 0.717) is 0 Å². The molecule has 0 radical (unpaired) electrons. The zero-order valence-electron chi connectivity index (χ0n) is 15.0. The molecule has 134 valence electrons. The molecule has 2 atom stereocenters. The van der Waals surface area contributed by atoms with Crippen LogP contribution in [0.25, 0.3) is 0 Å². The van der Waals surface area contributed by atoms with E-state index >= 15 is 0 Å². The summed E-state index contributed by atoms with van der Waals surface area (Å²) in [5.41, 5.74) is 0.718. The van der Waals surface area contributed by atoms with Crippen LogP contribution < -0.4 is 5.32 Å². The summed E-state index contributed by atoms with van der Waals surface area (Å²) in [5.74, 6) is 0.00171. The molecule has 3 rings (SSSR count). The van der Waals surface area contributed by atoms with Crippen molar-refractivity contribution in [1.29, 1.82) is 0 Å². The van der Waals surface area contributed by atoms with Crippen LogP contribution in [0.5, 0.6) is 0 Å².